The molecule has 1 aromatic rings. The van der Waals surface area contributed by atoms with Crippen LogP contribution in [0.1, 0.15) is 55.1 Å². The van der Waals surface area contributed by atoms with Crippen LogP contribution in [0.4, 0.5) is 0 Å². The Morgan fingerprint density at radius 3 is 2.65 bits per heavy atom. The lowest BCUT2D eigenvalue weighted by Crippen LogP contribution is -2.05. The normalized spacial score (nSPS) is 10.5. The molecule has 0 saturated carbocycles. The zero-order valence-corrected chi connectivity index (χ0v) is 11.8. The average Bonchev–Trinajstić information content (AvgIpc) is 2.74. The molecule has 1 aromatic heterocycles. The summed E-state index contributed by atoms with van der Waals surface area (Å²) in [6, 6.07) is 1.72. The molecule has 0 aliphatic rings. The Hall–Kier alpha value is -0.540. The Morgan fingerprint density at radius 2 is 2.00 bits per heavy atom. The molecule has 1 heterocycles. The minimum Gasteiger partial charge on any atom is -0.461 e. The number of hydrogen-bond donors (Lipinski definition) is 0. The number of carbonyl (C=O) groups is 1. The van der Waals surface area contributed by atoms with Gasteiger partial charge in [0.1, 0.15) is 4.88 Å². The van der Waals surface area contributed by atoms with Crippen LogP contribution < -0.4 is 0 Å². The first-order chi connectivity index (χ1) is 8.25. The lowest BCUT2D eigenvalue weighted by molar-refractivity contribution is 0.0503. The summed E-state index contributed by atoms with van der Waals surface area (Å²) in [7, 11) is 0. The summed E-state index contributed by atoms with van der Waals surface area (Å²) in [5.74, 6) is -0.293. The van der Waals surface area contributed by atoms with Crippen molar-refractivity contribution in [3.05, 3.63) is 21.3 Å². The quantitative estimate of drug-likeness (QED) is 0.497. The topological polar surface area (TPSA) is 26.3 Å². The van der Waals surface area contributed by atoms with Gasteiger partial charge in [-0.3, -0.25) is 0 Å². The van der Waals surface area contributed by atoms with E-state index in [1.807, 2.05) is 0 Å². The molecule has 0 atom stereocenters. The number of unbranched alkanes of at least 4 members (excludes halogenated alkanes) is 5. The second kappa shape index (κ2) is 8.54. The van der Waals surface area contributed by atoms with Gasteiger partial charge in [0.25, 0.3) is 0 Å². The SMILES string of the molecule is CCCCCCCCOC(=O)c1sccc1Cl. The van der Waals surface area contributed by atoms with Crippen molar-refractivity contribution in [2.75, 3.05) is 6.61 Å². The molecule has 0 radical (unpaired) electrons. The van der Waals surface area contributed by atoms with Crippen molar-refractivity contribution in [1.29, 1.82) is 0 Å². The number of halogens is 1. The molecule has 0 aliphatic carbocycles. The monoisotopic (exact) mass is 274 g/mol. The number of carbonyl (C=O) groups excluding carboxylic acids is 1. The highest BCUT2D eigenvalue weighted by atomic mass is 35.5. The maximum absolute atomic E-state index is 11.6. The Labute approximate surface area is 112 Å². The van der Waals surface area contributed by atoms with Crippen LogP contribution in [0.25, 0.3) is 0 Å². The van der Waals surface area contributed by atoms with E-state index in [1.165, 1.54) is 37.0 Å². The molecular weight excluding hydrogens is 256 g/mol. The molecule has 96 valence electrons. The lowest BCUT2D eigenvalue weighted by atomic mass is 10.1. The number of hydrogen-bond acceptors (Lipinski definition) is 3. The van der Waals surface area contributed by atoms with E-state index < -0.39 is 0 Å². The fourth-order valence-corrected chi connectivity index (χ4v) is 2.58. The van der Waals surface area contributed by atoms with Crippen LogP contribution in [0.2, 0.25) is 5.02 Å². The predicted molar refractivity (Wildman–Crippen MR) is 73.0 cm³/mol. The molecular formula is C13H19ClO2S. The maximum Gasteiger partial charge on any atom is 0.349 e. The summed E-state index contributed by atoms with van der Waals surface area (Å²) in [4.78, 5) is 12.1. The molecule has 4 heteroatoms. The van der Waals surface area contributed by atoms with Gasteiger partial charge in [-0.05, 0) is 17.9 Å². The Kier molecular flexibility index (Phi) is 7.29. The summed E-state index contributed by atoms with van der Waals surface area (Å²) >= 11 is 7.17. The predicted octanol–water partition coefficient (Wildman–Crippen LogP) is 4.92. The molecule has 0 fully saturated rings. The van der Waals surface area contributed by atoms with Crippen molar-refractivity contribution in [3.8, 4) is 0 Å². The molecule has 0 N–H and O–H groups in total. The van der Waals surface area contributed by atoms with E-state index in [1.54, 1.807) is 11.4 Å². The first-order valence-corrected chi connectivity index (χ1v) is 7.41. The second-order valence-corrected chi connectivity index (χ2v) is 5.32. The van der Waals surface area contributed by atoms with Gasteiger partial charge in [-0.2, -0.15) is 0 Å². The van der Waals surface area contributed by atoms with Crippen LogP contribution in [0.5, 0.6) is 0 Å². The van der Waals surface area contributed by atoms with E-state index in [4.69, 9.17) is 16.3 Å². The minimum atomic E-state index is -0.293. The van der Waals surface area contributed by atoms with Crippen LogP contribution in [0.15, 0.2) is 11.4 Å². The molecule has 0 spiro atoms. The molecule has 0 bridgehead atoms. The zero-order valence-electron chi connectivity index (χ0n) is 10.2. The molecule has 0 amide bonds. The van der Waals surface area contributed by atoms with Gasteiger partial charge in [0.05, 0.1) is 11.6 Å². The van der Waals surface area contributed by atoms with Gasteiger partial charge in [0.15, 0.2) is 0 Å². The van der Waals surface area contributed by atoms with Crippen LogP contribution in [0.3, 0.4) is 0 Å². The third-order valence-corrected chi connectivity index (χ3v) is 3.86. The van der Waals surface area contributed by atoms with Gasteiger partial charge in [-0.15, -0.1) is 11.3 Å². The van der Waals surface area contributed by atoms with Crippen LogP contribution in [0, 0.1) is 0 Å². The lowest BCUT2D eigenvalue weighted by Gasteiger charge is -2.03. The van der Waals surface area contributed by atoms with E-state index in [0.29, 0.717) is 16.5 Å². The fourth-order valence-electron chi connectivity index (χ4n) is 1.55. The number of thiophene rings is 1. The molecule has 0 unspecified atom stereocenters. The number of esters is 1. The summed E-state index contributed by atoms with van der Waals surface area (Å²) in [6.07, 6.45) is 7.13. The third kappa shape index (κ3) is 5.55. The summed E-state index contributed by atoms with van der Waals surface area (Å²) in [5, 5.41) is 2.28. The van der Waals surface area contributed by atoms with Gasteiger partial charge >= 0.3 is 5.97 Å². The molecule has 0 aliphatic heterocycles. The van der Waals surface area contributed by atoms with Crippen molar-refractivity contribution in [2.45, 2.75) is 45.4 Å². The van der Waals surface area contributed by atoms with E-state index in [0.717, 1.165) is 12.8 Å². The molecule has 17 heavy (non-hydrogen) atoms. The van der Waals surface area contributed by atoms with Gasteiger partial charge < -0.3 is 4.74 Å². The highest BCUT2D eigenvalue weighted by Crippen LogP contribution is 2.22. The van der Waals surface area contributed by atoms with Crippen LogP contribution in [-0.2, 0) is 4.74 Å². The van der Waals surface area contributed by atoms with Gasteiger partial charge in [-0.25, -0.2) is 4.79 Å². The second-order valence-electron chi connectivity index (χ2n) is 4.00. The Bertz CT molecular complexity index is 336. The van der Waals surface area contributed by atoms with E-state index in [9.17, 15) is 4.79 Å². The van der Waals surface area contributed by atoms with Crippen molar-refractivity contribution in [1.82, 2.24) is 0 Å². The number of ether oxygens (including phenoxy) is 1. The van der Waals surface area contributed by atoms with Gasteiger partial charge in [0.2, 0.25) is 0 Å². The highest BCUT2D eigenvalue weighted by molar-refractivity contribution is 7.12. The molecule has 0 aromatic carbocycles. The van der Waals surface area contributed by atoms with Crippen LogP contribution >= 0.6 is 22.9 Å². The largest absolute Gasteiger partial charge is 0.461 e. The van der Waals surface area contributed by atoms with Crippen molar-refractivity contribution in [3.63, 3.8) is 0 Å². The first kappa shape index (κ1) is 14.5. The standard InChI is InChI=1S/C13H19ClO2S/c1-2-3-4-5-6-7-9-16-13(15)12-11(14)8-10-17-12/h8,10H,2-7,9H2,1H3. The Balaban J connectivity index is 2.07. The third-order valence-electron chi connectivity index (χ3n) is 2.53. The average molecular weight is 275 g/mol. The van der Waals surface area contributed by atoms with E-state index in [-0.39, 0.29) is 5.97 Å². The van der Waals surface area contributed by atoms with Crippen LogP contribution in [-0.4, -0.2) is 12.6 Å². The molecule has 1 rings (SSSR count). The van der Waals surface area contributed by atoms with E-state index >= 15 is 0 Å². The maximum atomic E-state index is 11.6. The van der Waals surface area contributed by atoms with E-state index in [2.05, 4.69) is 6.92 Å². The minimum absolute atomic E-state index is 0.293. The summed E-state index contributed by atoms with van der Waals surface area (Å²) in [5.41, 5.74) is 0. The number of rotatable bonds is 8. The zero-order chi connectivity index (χ0) is 12.5. The smallest absolute Gasteiger partial charge is 0.349 e. The fraction of sp³-hybridized carbons (Fsp3) is 0.615. The first-order valence-electron chi connectivity index (χ1n) is 6.15. The summed E-state index contributed by atoms with van der Waals surface area (Å²) < 4.78 is 5.16. The van der Waals surface area contributed by atoms with Crippen molar-refractivity contribution in [2.24, 2.45) is 0 Å². The Morgan fingerprint density at radius 1 is 1.29 bits per heavy atom. The van der Waals surface area contributed by atoms with Crippen molar-refractivity contribution >= 4 is 28.9 Å². The van der Waals surface area contributed by atoms with Crippen molar-refractivity contribution < 1.29 is 9.53 Å². The summed E-state index contributed by atoms with van der Waals surface area (Å²) in [6.45, 7) is 2.70. The highest BCUT2D eigenvalue weighted by Gasteiger charge is 2.12. The van der Waals surface area contributed by atoms with Gasteiger partial charge in [0, 0.05) is 0 Å². The molecule has 0 saturated heterocycles. The van der Waals surface area contributed by atoms with Gasteiger partial charge in [-0.1, -0.05) is 50.6 Å². The molecule has 2 nitrogen and oxygen atoms in total.